The zero-order chi connectivity index (χ0) is 15.8. The summed E-state index contributed by atoms with van der Waals surface area (Å²) in [5.41, 5.74) is 4.19. The van der Waals surface area contributed by atoms with Crippen molar-refractivity contribution in [2.45, 2.75) is 17.9 Å². The molecule has 1 aromatic rings. The third-order valence-corrected chi connectivity index (χ3v) is 4.78. The minimum absolute atomic E-state index is 0.0965. The lowest BCUT2D eigenvalue weighted by atomic mass is 10.00. The number of alkyl halides is 1. The molecule has 1 aliphatic heterocycles. The van der Waals surface area contributed by atoms with Crippen LogP contribution in [0.15, 0.2) is 23.1 Å². The summed E-state index contributed by atoms with van der Waals surface area (Å²) in [6.45, 7) is 1.64. The maximum Gasteiger partial charge on any atom is 0.252 e. The van der Waals surface area contributed by atoms with E-state index in [-0.39, 0.29) is 22.4 Å². The van der Waals surface area contributed by atoms with E-state index >= 15 is 0 Å². The molecule has 114 valence electrons. The molecular formula is C13H13Cl2NO4S. The van der Waals surface area contributed by atoms with E-state index in [0.717, 1.165) is 6.26 Å². The van der Waals surface area contributed by atoms with Gasteiger partial charge in [-0.2, -0.15) is 0 Å². The summed E-state index contributed by atoms with van der Waals surface area (Å²) in [6, 6.07) is 2.77. The Bertz CT molecular complexity index is 728. The highest BCUT2D eigenvalue weighted by atomic mass is 35.5. The van der Waals surface area contributed by atoms with E-state index in [1.54, 1.807) is 13.0 Å². The fourth-order valence-electron chi connectivity index (χ4n) is 2.15. The Labute approximate surface area is 132 Å². The smallest absolute Gasteiger partial charge is 0.252 e. The number of rotatable bonds is 4. The molecule has 1 aliphatic rings. The highest BCUT2D eigenvalue weighted by Crippen LogP contribution is 2.31. The topological polar surface area (TPSA) is 72.5 Å². The lowest BCUT2D eigenvalue weighted by Crippen LogP contribution is -2.15. The van der Waals surface area contributed by atoms with E-state index in [9.17, 15) is 13.2 Å². The fourth-order valence-corrected chi connectivity index (χ4v) is 3.45. The Morgan fingerprint density at radius 1 is 1.43 bits per heavy atom. The monoisotopic (exact) mass is 349 g/mol. The number of carbonyl (C=O) groups is 1. The Hall–Kier alpha value is -1.08. The van der Waals surface area contributed by atoms with Crippen LogP contribution in [-0.2, 0) is 14.7 Å². The molecule has 0 radical (unpaired) electrons. The van der Waals surface area contributed by atoms with Gasteiger partial charge >= 0.3 is 0 Å². The van der Waals surface area contributed by atoms with Crippen LogP contribution in [0.4, 0.5) is 0 Å². The fraction of sp³-hybridized carbons (Fsp3) is 0.308. The third kappa shape index (κ3) is 3.23. The minimum Gasteiger partial charge on any atom is -0.276 e. The predicted molar refractivity (Wildman–Crippen MR) is 81.2 cm³/mol. The summed E-state index contributed by atoms with van der Waals surface area (Å²) in [7, 11) is -3.48. The standard InChI is InChI=1S/C13H13Cl2NO4S/c1-7-9(13(15)17)3-4-11(21(2,18)19)12(7)10-5-8(6-14)20-16-10/h3-5,8,16H,6H2,1-2H3. The van der Waals surface area contributed by atoms with Crippen molar-refractivity contribution in [1.82, 2.24) is 5.48 Å². The highest BCUT2D eigenvalue weighted by Gasteiger charge is 2.26. The van der Waals surface area contributed by atoms with Gasteiger partial charge in [0.25, 0.3) is 5.24 Å². The second-order valence-corrected chi connectivity index (χ2v) is 7.29. The SMILES string of the molecule is Cc1c(C(=O)Cl)ccc(S(C)(=O)=O)c1C1=CC(CCl)ON1. The Morgan fingerprint density at radius 2 is 2.10 bits per heavy atom. The van der Waals surface area contributed by atoms with Crippen LogP contribution in [0.5, 0.6) is 0 Å². The van der Waals surface area contributed by atoms with Gasteiger partial charge in [-0.15, -0.1) is 11.6 Å². The van der Waals surface area contributed by atoms with Crippen LogP contribution in [-0.4, -0.2) is 31.9 Å². The van der Waals surface area contributed by atoms with Gasteiger partial charge in [-0.25, -0.2) is 8.42 Å². The van der Waals surface area contributed by atoms with E-state index in [4.69, 9.17) is 28.0 Å². The van der Waals surface area contributed by atoms with E-state index in [1.807, 2.05) is 0 Å². The summed E-state index contributed by atoms with van der Waals surface area (Å²) in [5.74, 6) is 0.220. The van der Waals surface area contributed by atoms with E-state index < -0.39 is 15.1 Å². The zero-order valence-electron chi connectivity index (χ0n) is 11.3. The molecule has 2 rings (SSSR count). The van der Waals surface area contributed by atoms with Crippen molar-refractivity contribution >= 4 is 44.0 Å². The summed E-state index contributed by atoms with van der Waals surface area (Å²) >= 11 is 11.2. The number of halogens is 2. The molecule has 0 aromatic heterocycles. The van der Waals surface area contributed by atoms with Crippen LogP contribution in [0.1, 0.15) is 21.5 Å². The summed E-state index contributed by atoms with van der Waals surface area (Å²) < 4.78 is 23.9. The first kappa shape index (κ1) is 16.3. The number of benzene rings is 1. The number of carbonyl (C=O) groups excluding carboxylic acids is 1. The summed E-state index contributed by atoms with van der Waals surface area (Å²) in [4.78, 5) is 16.7. The first-order valence-electron chi connectivity index (χ1n) is 5.99. The molecule has 8 heteroatoms. The molecule has 0 aliphatic carbocycles. The van der Waals surface area contributed by atoms with Crippen molar-refractivity contribution in [3.63, 3.8) is 0 Å². The molecule has 1 aromatic carbocycles. The average Bonchev–Trinajstić information content (AvgIpc) is 2.85. The normalized spacial score (nSPS) is 18.3. The largest absolute Gasteiger partial charge is 0.276 e. The molecule has 0 saturated carbocycles. The quantitative estimate of drug-likeness (QED) is 0.666. The van der Waals surface area contributed by atoms with Gasteiger partial charge in [0.15, 0.2) is 9.84 Å². The van der Waals surface area contributed by atoms with Gasteiger partial charge in [0.2, 0.25) is 0 Å². The third-order valence-electron chi connectivity index (χ3n) is 3.13. The molecule has 21 heavy (non-hydrogen) atoms. The van der Waals surface area contributed by atoms with Gasteiger partial charge < -0.3 is 0 Å². The Kier molecular flexibility index (Phi) is 4.63. The Morgan fingerprint density at radius 3 is 2.57 bits per heavy atom. The number of hydroxylamine groups is 1. The first-order valence-corrected chi connectivity index (χ1v) is 8.79. The molecule has 1 N–H and O–H groups in total. The number of sulfone groups is 1. The molecule has 0 bridgehead atoms. The van der Waals surface area contributed by atoms with Crippen LogP contribution in [0.3, 0.4) is 0 Å². The van der Waals surface area contributed by atoms with Crippen molar-refractivity contribution in [2.24, 2.45) is 0 Å². The molecule has 0 saturated heterocycles. The van der Waals surface area contributed by atoms with Gasteiger partial charge in [-0.1, -0.05) is 0 Å². The maximum absolute atomic E-state index is 12.0. The lowest BCUT2D eigenvalue weighted by molar-refractivity contribution is 0.0643. The van der Waals surface area contributed by atoms with Gasteiger partial charge in [0, 0.05) is 17.4 Å². The Balaban J connectivity index is 2.72. The van der Waals surface area contributed by atoms with Crippen LogP contribution < -0.4 is 5.48 Å². The number of nitrogens with one attached hydrogen (secondary N) is 1. The first-order chi connectivity index (χ1) is 9.75. The minimum atomic E-state index is -3.48. The van der Waals surface area contributed by atoms with Crippen molar-refractivity contribution in [3.8, 4) is 0 Å². The predicted octanol–water partition coefficient (Wildman–Crippen LogP) is 2.26. The highest BCUT2D eigenvalue weighted by molar-refractivity contribution is 7.90. The molecule has 5 nitrogen and oxygen atoms in total. The number of hydrogen-bond donors (Lipinski definition) is 1. The van der Waals surface area contributed by atoms with E-state index in [1.165, 1.54) is 12.1 Å². The molecule has 0 spiro atoms. The van der Waals surface area contributed by atoms with Crippen LogP contribution in [0.25, 0.3) is 5.70 Å². The summed E-state index contributed by atoms with van der Waals surface area (Å²) in [5, 5.41) is -0.651. The lowest BCUT2D eigenvalue weighted by Gasteiger charge is -2.14. The summed E-state index contributed by atoms with van der Waals surface area (Å²) in [6.07, 6.45) is 2.40. The molecular weight excluding hydrogens is 337 g/mol. The van der Waals surface area contributed by atoms with Gasteiger partial charge in [0.1, 0.15) is 6.10 Å². The van der Waals surface area contributed by atoms with Gasteiger partial charge in [0.05, 0.1) is 16.5 Å². The average molecular weight is 350 g/mol. The maximum atomic E-state index is 12.0. The number of hydrogen-bond acceptors (Lipinski definition) is 5. The van der Waals surface area contributed by atoms with Crippen molar-refractivity contribution < 1.29 is 18.0 Å². The van der Waals surface area contributed by atoms with Crippen LogP contribution in [0.2, 0.25) is 0 Å². The zero-order valence-corrected chi connectivity index (χ0v) is 13.6. The molecule has 1 unspecified atom stereocenters. The second kappa shape index (κ2) is 5.96. The molecule has 1 atom stereocenters. The van der Waals surface area contributed by atoms with Crippen LogP contribution in [0, 0.1) is 6.92 Å². The second-order valence-electron chi connectivity index (χ2n) is 4.65. The van der Waals surface area contributed by atoms with Gasteiger partial charge in [-0.3, -0.25) is 15.1 Å². The van der Waals surface area contributed by atoms with Crippen molar-refractivity contribution in [1.29, 1.82) is 0 Å². The van der Waals surface area contributed by atoms with Gasteiger partial charge in [-0.05, 0) is 42.3 Å². The molecule has 0 fully saturated rings. The van der Waals surface area contributed by atoms with Crippen molar-refractivity contribution in [2.75, 3.05) is 12.1 Å². The molecule has 0 amide bonds. The van der Waals surface area contributed by atoms with E-state index in [2.05, 4.69) is 5.48 Å². The van der Waals surface area contributed by atoms with Crippen molar-refractivity contribution in [3.05, 3.63) is 34.9 Å². The van der Waals surface area contributed by atoms with E-state index in [0.29, 0.717) is 16.8 Å². The molecule has 1 heterocycles. The van der Waals surface area contributed by atoms with Crippen LogP contribution >= 0.6 is 23.2 Å².